The molecule has 0 aromatic carbocycles. The maximum Gasteiger partial charge on any atom is -0.00722 e. The molecule has 0 radical (unpaired) electrons. The molecule has 0 aliphatic heterocycles. The molecule has 0 fully saturated rings. The molecule has 0 bridgehead atoms. The van der Waals surface area contributed by atoms with Gasteiger partial charge in [0.05, 0.1) is 0 Å². The zero-order chi connectivity index (χ0) is 9.19. The van der Waals surface area contributed by atoms with Crippen molar-refractivity contribution in [1.29, 1.82) is 0 Å². The summed E-state index contributed by atoms with van der Waals surface area (Å²) >= 11 is 0. The fourth-order valence-electron chi connectivity index (χ4n) is 2.54. The van der Waals surface area contributed by atoms with Crippen molar-refractivity contribution in [1.82, 2.24) is 0 Å². The molecule has 1 aliphatic carbocycles. The van der Waals surface area contributed by atoms with Crippen molar-refractivity contribution < 1.29 is 0 Å². The normalized spacial score (nSPS) is 22.2. The van der Waals surface area contributed by atoms with Crippen LogP contribution < -0.4 is 0 Å². The summed E-state index contributed by atoms with van der Waals surface area (Å²) in [6.07, 6.45) is 8.92. The molecule has 0 aromatic rings. The molecular formula is C12H22. The van der Waals surface area contributed by atoms with Gasteiger partial charge in [0, 0.05) is 0 Å². The average Bonchev–Trinajstić information content (AvgIpc) is 2.05. The number of hydrogen-bond donors (Lipinski definition) is 0. The van der Waals surface area contributed by atoms with E-state index in [-0.39, 0.29) is 0 Å². The smallest absolute Gasteiger partial charge is 0.00722 e. The summed E-state index contributed by atoms with van der Waals surface area (Å²) in [4.78, 5) is 0. The van der Waals surface area contributed by atoms with E-state index in [9.17, 15) is 0 Å². The molecule has 0 unspecified atom stereocenters. The second-order valence-electron chi connectivity index (χ2n) is 4.72. The first kappa shape index (κ1) is 9.83. The highest BCUT2D eigenvalue weighted by atomic mass is 14.4. The van der Waals surface area contributed by atoms with Gasteiger partial charge in [-0.15, -0.1) is 0 Å². The largest absolute Gasteiger partial charge is 0.0880 e. The molecular weight excluding hydrogens is 144 g/mol. The standard InChI is InChI=1S/C12H22/c1-10(2)12(11(3)4)8-6-5-7-9-12/h6,8,10-11H,5,7,9H2,1-4H3. The summed E-state index contributed by atoms with van der Waals surface area (Å²) < 4.78 is 0. The minimum absolute atomic E-state index is 0.498. The molecule has 0 aromatic heterocycles. The zero-order valence-corrected chi connectivity index (χ0v) is 8.93. The number of allylic oxidation sites excluding steroid dienone is 2. The first-order chi connectivity index (χ1) is 5.59. The maximum absolute atomic E-state index is 2.48. The maximum atomic E-state index is 2.48. The topological polar surface area (TPSA) is 0 Å². The molecule has 0 amide bonds. The summed E-state index contributed by atoms with van der Waals surface area (Å²) in [6, 6.07) is 0. The molecule has 0 atom stereocenters. The van der Waals surface area contributed by atoms with Gasteiger partial charge in [0.1, 0.15) is 0 Å². The lowest BCUT2D eigenvalue weighted by atomic mass is 9.64. The molecule has 0 saturated heterocycles. The van der Waals surface area contributed by atoms with Crippen molar-refractivity contribution in [3.05, 3.63) is 12.2 Å². The van der Waals surface area contributed by atoms with Crippen LogP contribution in [-0.4, -0.2) is 0 Å². The van der Waals surface area contributed by atoms with Crippen molar-refractivity contribution >= 4 is 0 Å². The molecule has 0 heterocycles. The Kier molecular flexibility index (Phi) is 2.98. The van der Waals surface area contributed by atoms with Gasteiger partial charge in [-0.1, -0.05) is 39.8 Å². The molecule has 1 rings (SSSR count). The van der Waals surface area contributed by atoms with Crippen LogP contribution >= 0.6 is 0 Å². The SMILES string of the molecule is CC(C)C1(C(C)C)C=CCCC1. The van der Waals surface area contributed by atoms with E-state index in [2.05, 4.69) is 39.8 Å². The molecule has 0 heteroatoms. The Bertz CT molecular complexity index is 155. The Balaban J connectivity index is 2.85. The van der Waals surface area contributed by atoms with E-state index >= 15 is 0 Å². The summed E-state index contributed by atoms with van der Waals surface area (Å²) in [7, 11) is 0. The van der Waals surface area contributed by atoms with Crippen LogP contribution in [0.15, 0.2) is 12.2 Å². The highest BCUT2D eigenvalue weighted by Crippen LogP contribution is 2.44. The lowest BCUT2D eigenvalue weighted by Gasteiger charge is -2.41. The Hall–Kier alpha value is -0.260. The van der Waals surface area contributed by atoms with Gasteiger partial charge >= 0.3 is 0 Å². The third-order valence-electron chi connectivity index (χ3n) is 3.56. The quantitative estimate of drug-likeness (QED) is 0.543. The minimum Gasteiger partial charge on any atom is -0.0880 e. The van der Waals surface area contributed by atoms with Crippen LogP contribution in [0.4, 0.5) is 0 Å². The van der Waals surface area contributed by atoms with E-state index in [1.54, 1.807) is 0 Å². The van der Waals surface area contributed by atoms with Crippen LogP contribution in [0.3, 0.4) is 0 Å². The van der Waals surface area contributed by atoms with Crippen molar-refractivity contribution in [3.63, 3.8) is 0 Å². The van der Waals surface area contributed by atoms with Gasteiger partial charge in [-0.3, -0.25) is 0 Å². The van der Waals surface area contributed by atoms with E-state index < -0.39 is 0 Å². The highest BCUT2D eigenvalue weighted by molar-refractivity contribution is 5.06. The Morgan fingerprint density at radius 1 is 1.08 bits per heavy atom. The second-order valence-corrected chi connectivity index (χ2v) is 4.72. The van der Waals surface area contributed by atoms with Crippen LogP contribution in [0.1, 0.15) is 47.0 Å². The minimum atomic E-state index is 0.498. The van der Waals surface area contributed by atoms with E-state index in [1.807, 2.05) is 0 Å². The Labute approximate surface area is 77.1 Å². The van der Waals surface area contributed by atoms with Crippen LogP contribution in [0.25, 0.3) is 0 Å². The van der Waals surface area contributed by atoms with Crippen LogP contribution in [0, 0.1) is 17.3 Å². The average molecular weight is 166 g/mol. The van der Waals surface area contributed by atoms with Gasteiger partial charge < -0.3 is 0 Å². The van der Waals surface area contributed by atoms with E-state index in [0.717, 1.165) is 11.8 Å². The zero-order valence-electron chi connectivity index (χ0n) is 8.93. The first-order valence-corrected chi connectivity index (χ1v) is 5.27. The van der Waals surface area contributed by atoms with Gasteiger partial charge in [-0.05, 0) is 36.5 Å². The molecule has 70 valence electrons. The van der Waals surface area contributed by atoms with E-state index in [1.165, 1.54) is 19.3 Å². The van der Waals surface area contributed by atoms with Crippen molar-refractivity contribution in [2.45, 2.75) is 47.0 Å². The first-order valence-electron chi connectivity index (χ1n) is 5.27. The Morgan fingerprint density at radius 2 is 1.67 bits per heavy atom. The van der Waals surface area contributed by atoms with Gasteiger partial charge in [0.2, 0.25) is 0 Å². The Morgan fingerprint density at radius 3 is 1.92 bits per heavy atom. The van der Waals surface area contributed by atoms with E-state index in [4.69, 9.17) is 0 Å². The van der Waals surface area contributed by atoms with Crippen LogP contribution in [0.5, 0.6) is 0 Å². The van der Waals surface area contributed by atoms with Crippen LogP contribution in [-0.2, 0) is 0 Å². The number of hydrogen-bond acceptors (Lipinski definition) is 0. The lowest BCUT2D eigenvalue weighted by Crippen LogP contribution is -2.32. The van der Waals surface area contributed by atoms with Gasteiger partial charge in [-0.2, -0.15) is 0 Å². The van der Waals surface area contributed by atoms with E-state index in [0.29, 0.717) is 5.41 Å². The van der Waals surface area contributed by atoms with Crippen molar-refractivity contribution in [2.75, 3.05) is 0 Å². The van der Waals surface area contributed by atoms with Crippen molar-refractivity contribution in [3.8, 4) is 0 Å². The lowest BCUT2D eigenvalue weighted by molar-refractivity contribution is 0.153. The third kappa shape index (κ3) is 1.57. The molecule has 1 aliphatic rings. The molecule has 0 nitrogen and oxygen atoms in total. The summed E-state index contributed by atoms with van der Waals surface area (Å²) in [6.45, 7) is 9.43. The van der Waals surface area contributed by atoms with Gasteiger partial charge in [-0.25, -0.2) is 0 Å². The predicted molar refractivity (Wildman–Crippen MR) is 55.1 cm³/mol. The molecule has 12 heavy (non-hydrogen) atoms. The fourth-order valence-corrected chi connectivity index (χ4v) is 2.54. The summed E-state index contributed by atoms with van der Waals surface area (Å²) in [5, 5.41) is 0. The molecule has 0 spiro atoms. The van der Waals surface area contributed by atoms with Gasteiger partial charge in [0.25, 0.3) is 0 Å². The van der Waals surface area contributed by atoms with Crippen LogP contribution in [0.2, 0.25) is 0 Å². The predicted octanol–water partition coefficient (Wildman–Crippen LogP) is 4.02. The number of rotatable bonds is 2. The fraction of sp³-hybridized carbons (Fsp3) is 0.833. The third-order valence-corrected chi connectivity index (χ3v) is 3.56. The molecule has 0 saturated carbocycles. The van der Waals surface area contributed by atoms with Gasteiger partial charge in [0.15, 0.2) is 0 Å². The molecule has 0 N–H and O–H groups in total. The summed E-state index contributed by atoms with van der Waals surface area (Å²) in [5.74, 6) is 1.57. The van der Waals surface area contributed by atoms with Crippen molar-refractivity contribution in [2.24, 2.45) is 17.3 Å². The second kappa shape index (κ2) is 3.64. The summed E-state index contributed by atoms with van der Waals surface area (Å²) in [5.41, 5.74) is 0.498. The monoisotopic (exact) mass is 166 g/mol. The highest BCUT2D eigenvalue weighted by Gasteiger charge is 2.34.